The largest absolute Gasteiger partial charge is 0.339 e. The van der Waals surface area contributed by atoms with Crippen molar-refractivity contribution < 1.29 is 28.8 Å². The van der Waals surface area contributed by atoms with E-state index in [2.05, 4.69) is 53.3 Å². The van der Waals surface area contributed by atoms with E-state index < -0.39 is 35.7 Å². The molecule has 12 nitrogen and oxygen atoms in total. The molecule has 0 aromatic carbocycles. The average Bonchev–Trinajstić information content (AvgIpc) is 3.19. The summed E-state index contributed by atoms with van der Waals surface area (Å²) in [5, 5.41) is 7.41. The molecule has 3 aliphatic rings. The second-order valence-corrected chi connectivity index (χ2v) is 13.2. The van der Waals surface area contributed by atoms with Crippen LogP contribution in [0.1, 0.15) is 110 Å². The molecule has 2 fully saturated rings. The maximum atomic E-state index is 12.7. The Morgan fingerprint density at radius 1 is 0.864 bits per heavy atom. The van der Waals surface area contributed by atoms with Crippen LogP contribution in [0.3, 0.4) is 0 Å². The molecule has 0 aliphatic carbocycles. The van der Waals surface area contributed by atoms with Crippen molar-refractivity contribution in [2.75, 3.05) is 0 Å². The number of pyridine rings is 2. The Bertz CT molecular complexity index is 1550. The minimum atomic E-state index is -0.798. The molecule has 3 aliphatic heterocycles. The van der Waals surface area contributed by atoms with Crippen molar-refractivity contribution in [1.29, 1.82) is 0 Å². The highest BCUT2D eigenvalue weighted by molar-refractivity contribution is 6.22. The third-order valence-corrected chi connectivity index (χ3v) is 7.66. The fourth-order valence-electron chi connectivity index (χ4n) is 4.87. The molecule has 2 unspecified atom stereocenters. The van der Waals surface area contributed by atoms with Gasteiger partial charge in [0.15, 0.2) is 0 Å². The third-order valence-electron chi connectivity index (χ3n) is 7.66. The lowest BCUT2D eigenvalue weighted by Gasteiger charge is -2.29. The number of aromatic nitrogens is 2. The predicted octanol–water partition coefficient (Wildman–Crippen LogP) is 2.68. The number of piperidine rings is 2. The zero-order chi connectivity index (χ0) is 32.6. The lowest BCUT2D eigenvalue weighted by Crippen LogP contribution is -2.52. The van der Waals surface area contributed by atoms with Gasteiger partial charge in [-0.05, 0) is 53.4 Å². The molecule has 2 saturated heterocycles. The second kappa shape index (κ2) is 12.1. The summed E-state index contributed by atoms with van der Waals surface area (Å²) in [6.07, 6.45) is 4.77. The SMILES string of the molecule is C=C1CCC(N2C(=O)c3cc(C(C)(C)C)cnc3C2=O)C(=O)N1.CC(C)(C)c1ccc(C(=O)NC2CCC(=O)NC2=O)nc1. The Hall–Kier alpha value is -4.74. The number of hydrogen-bond acceptors (Lipinski definition) is 8. The molecule has 5 rings (SSSR count). The lowest BCUT2D eigenvalue weighted by atomic mass is 9.87. The van der Waals surface area contributed by atoms with Crippen molar-refractivity contribution in [3.8, 4) is 0 Å². The van der Waals surface area contributed by atoms with Crippen molar-refractivity contribution in [2.45, 2.75) is 90.1 Å². The number of fused-ring (bicyclic) bond motifs is 1. The Kier molecular flexibility index (Phi) is 8.85. The van der Waals surface area contributed by atoms with E-state index in [0.29, 0.717) is 25.0 Å². The summed E-state index contributed by atoms with van der Waals surface area (Å²) in [5.41, 5.74) is 2.95. The number of imide groups is 2. The van der Waals surface area contributed by atoms with Crippen molar-refractivity contribution in [3.63, 3.8) is 0 Å². The van der Waals surface area contributed by atoms with E-state index in [1.165, 1.54) is 0 Å². The van der Waals surface area contributed by atoms with Gasteiger partial charge in [-0.1, -0.05) is 54.2 Å². The summed E-state index contributed by atoms with van der Waals surface area (Å²) in [4.78, 5) is 81.4. The zero-order valence-corrected chi connectivity index (χ0v) is 25.9. The lowest BCUT2D eigenvalue weighted by molar-refractivity contribution is -0.134. The average molecular weight is 603 g/mol. The fourth-order valence-corrected chi connectivity index (χ4v) is 4.87. The predicted molar refractivity (Wildman–Crippen MR) is 160 cm³/mol. The van der Waals surface area contributed by atoms with Gasteiger partial charge in [0.2, 0.25) is 17.7 Å². The van der Waals surface area contributed by atoms with E-state index in [-0.39, 0.29) is 46.0 Å². The number of carbonyl (C=O) groups is 6. The van der Waals surface area contributed by atoms with Gasteiger partial charge in [-0.3, -0.25) is 44.0 Å². The van der Waals surface area contributed by atoms with Gasteiger partial charge < -0.3 is 10.6 Å². The molecule has 44 heavy (non-hydrogen) atoms. The molecule has 0 saturated carbocycles. The number of nitrogens with one attached hydrogen (secondary N) is 3. The number of amides is 6. The maximum Gasteiger partial charge on any atom is 0.280 e. The van der Waals surface area contributed by atoms with E-state index in [1.807, 2.05) is 26.8 Å². The third kappa shape index (κ3) is 6.90. The van der Waals surface area contributed by atoms with Crippen LogP contribution in [-0.4, -0.2) is 62.4 Å². The Morgan fingerprint density at radius 3 is 2.09 bits per heavy atom. The second-order valence-electron chi connectivity index (χ2n) is 13.2. The molecule has 0 spiro atoms. The first-order valence-electron chi connectivity index (χ1n) is 14.5. The van der Waals surface area contributed by atoms with E-state index >= 15 is 0 Å². The zero-order valence-electron chi connectivity index (χ0n) is 25.9. The van der Waals surface area contributed by atoms with Crippen LogP contribution in [0.15, 0.2) is 42.9 Å². The van der Waals surface area contributed by atoms with Crippen LogP contribution in [0.4, 0.5) is 0 Å². The molecule has 232 valence electrons. The van der Waals surface area contributed by atoms with Gasteiger partial charge in [0, 0.05) is 24.5 Å². The van der Waals surface area contributed by atoms with Crippen LogP contribution in [-0.2, 0) is 25.2 Å². The van der Waals surface area contributed by atoms with Crippen LogP contribution >= 0.6 is 0 Å². The summed E-state index contributed by atoms with van der Waals surface area (Å²) >= 11 is 0. The molecule has 2 atom stereocenters. The number of nitrogens with zero attached hydrogens (tertiary/aromatic N) is 3. The number of hydrogen-bond donors (Lipinski definition) is 3. The summed E-state index contributed by atoms with van der Waals surface area (Å²) in [6.45, 7) is 15.9. The highest BCUT2D eigenvalue weighted by Gasteiger charge is 2.45. The number of allylic oxidation sites excluding steroid dienone is 1. The first-order chi connectivity index (χ1) is 20.5. The highest BCUT2D eigenvalue weighted by Crippen LogP contribution is 2.30. The van der Waals surface area contributed by atoms with E-state index in [0.717, 1.165) is 16.0 Å². The van der Waals surface area contributed by atoms with Gasteiger partial charge in [-0.2, -0.15) is 0 Å². The van der Waals surface area contributed by atoms with Crippen molar-refractivity contribution in [2.24, 2.45) is 0 Å². The molecule has 12 heteroatoms. The van der Waals surface area contributed by atoms with Gasteiger partial charge >= 0.3 is 0 Å². The van der Waals surface area contributed by atoms with Crippen LogP contribution in [0.25, 0.3) is 0 Å². The van der Waals surface area contributed by atoms with Crippen LogP contribution in [0, 0.1) is 0 Å². The van der Waals surface area contributed by atoms with Gasteiger partial charge in [0.1, 0.15) is 23.5 Å². The molecule has 5 heterocycles. The van der Waals surface area contributed by atoms with Gasteiger partial charge in [-0.15, -0.1) is 0 Å². The van der Waals surface area contributed by atoms with E-state index in [1.54, 1.807) is 24.5 Å². The Morgan fingerprint density at radius 2 is 1.52 bits per heavy atom. The topological polar surface area (TPSA) is 168 Å². The van der Waals surface area contributed by atoms with Crippen LogP contribution < -0.4 is 16.0 Å². The molecule has 2 aromatic rings. The van der Waals surface area contributed by atoms with Crippen molar-refractivity contribution in [1.82, 2.24) is 30.8 Å². The quantitative estimate of drug-likeness (QED) is 0.451. The minimum absolute atomic E-state index is 0.0361. The van der Waals surface area contributed by atoms with E-state index in [9.17, 15) is 28.8 Å². The van der Waals surface area contributed by atoms with E-state index in [4.69, 9.17) is 0 Å². The van der Waals surface area contributed by atoms with Gasteiger partial charge in [-0.25, -0.2) is 4.98 Å². The van der Waals surface area contributed by atoms with Crippen molar-refractivity contribution >= 4 is 35.4 Å². The van der Waals surface area contributed by atoms with Gasteiger partial charge in [0.05, 0.1) is 5.56 Å². The smallest absolute Gasteiger partial charge is 0.280 e. The fraction of sp³-hybridized carbons (Fsp3) is 0.438. The molecular weight excluding hydrogens is 564 g/mol. The first-order valence-corrected chi connectivity index (χ1v) is 14.5. The number of rotatable bonds is 3. The van der Waals surface area contributed by atoms with Crippen LogP contribution in [0.2, 0.25) is 0 Å². The molecule has 2 aromatic heterocycles. The summed E-state index contributed by atoms with van der Waals surface area (Å²) < 4.78 is 0. The number of carbonyl (C=O) groups excluding carboxylic acids is 6. The summed E-state index contributed by atoms with van der Waals surface area (Å²) in [7, 11) is 0. The molecule has 0 radical (unpaired) electrons. The Labute approximate surface area is 256 Å². The van der Waals surface area contributed by atoms with Crippen LogP contribution in [0.5, 0.6) is 0 Å². The standard InChI is InChI=1S/C17H19N3O3.C15H19N3O3/c1-9-5-6-12(14(21)19-9)20-15(22)11-7-10(17(2,3)4)8-18-13(11)16(20)23;1-15(2,3)9-4-5-10(16-8-9)13(20)17-11-6-7-12(19)18-14(11)21/h7-8,12H,1,5-6H2,2-4H3,(H,19,21);4-5,8,11H,6-7H2,1-3H3,(H,17,20)(H,18,19,21). The molecular formula is C32H38N6O6. The first kappa shape index (κ1) is 32.2. The Balaban J connectivity index is 0.000000202. The minimum Gasteiger partial charge on any atom is -0.339 e. The molecule has 6 amide bonds. The van der Waals surface area contributed by atoms with Crippen molar-refractivity contribution in [3.05, 3.63) is 70.9 Å². The maximum absolute atomic E-state index is 12.7. The van der Waals surface area contributed by atoms with Gasteiger partial charge in [0.25, 0.3) is 17.7 Å². The summed E-state index contributed by atoms with van der Waals surface area (Å²) in [5.74, 6) is -2.50. The molecule has 3 N–H and O–H groups in total. The summed E-state index contributed by atoms with van der Waals surface area (Å²) in [6, 6.07) is 3.73. The molecule has 0 bridgehead atoms. The monoisotopic (exact) mass is 602 g/mol. The normalized spacial score (nSPS) is 20.4. The highest BCUT2D eigenvalue weighted by atomic mass is 16.2.